The second-order valence-electron chi connectivity index (χ2n) is 8.35. The van der Waals surface area contributed by atoms with Crippen molar-refractivity contribution in [2.24, 2.45) is 0 Å². The maximum Gasteiger partial charge on any atom is 0.151 e. The van der Waals surface area contributed by atoms with Crippen molar-refractivity contribution in [3.05, 3.63) is 71.9 Å². The fourth-order valence-corrected chi connectivity index (χ4v) is 3.92. The van der Waals surface area contributed by atoms with Crippen molar-refractivity contribution in [3.8, 4) is 17.0 Å². The molecule has 6 heteroatoms. The molecule has 2 aromatic heterocycles. The molecule has 0 aliphatic heterocycles. The number of pyridine rings is 1. The summed E-state index contributed by atoms with van der Waals surface area (Å²) in [5, 5.41) is 0. The molecule has 0 aliphatic rings. The molecule has 0 bridgehead atoms. The maximum absolute atomic E-state index is 12.2. The Hall–Kier alpha value is -3.12. The molecule has 0 amide bonds. The van der Waals surface area contributed by atoms with Gasteiger partial charge in [0.1, 0.15) is 5.75 Å². The van der Waals surface area contributed by atoms with Gasteiger partial charge in [0.15, 0.2) is 5.78 Å². The molecule has 6 nitrogen and oxygen atoms in total. The molecule has 32 heavy (non-hydrogen) atoms. The third-order valence-electron chi connectivity index (χ3n) is 5.40. The second kappa shape index (κ2) is 11.5. The maximum atomic E-state index is 12.2. The number of aromatic nitrogens is 3. The number of carbonyl (C=O) groups is 1. The molecular formula is C26H32N4O2. The minimum atomic E-state index is 0.153. The fraction of sp³-hybridized carbons (Fsp3) is 0.385. The summed E-state index contributed by atoms with van der Waals surface area (Å²) in [7, 11) is 5.41. The lowest BCUT2D eigenvalue weighted by Crippen LogP contribution is -2.23. The second-order valence-corrected chi connectivity index (χ2v) is 8.35. The van der Waals surface area contributed by atoms with Gasteiger partial charge >= 0.3 is 0 Å². The van der Waals surface area contributed by atoms with Crippen molar-refractivity contribution < 1.29 is 9.53 Å². The van der Waals surface area contributed by atoms with Gasteiger partial charge in [-0.05, 0) is 50.6 Å². The largest absolute Gasteiger partial charge is 0.496 e. The highest BCUT2D eigenvalue weighted by molar-refractivity contribution is 5.83. The smallest absolute Gasteiger partial charge is 0.151 e. The van der Waals surface area contributed by atoms with Crippen LogP contribution < -0.4 is 4.74 Å². The number of rotatable bonds is 11. The van der Waals surface area contributed by atoms with Crippen LogP contribution in [0.2, 0.25) is 0 Å². The summed E-state index contributed by atoms with van der Waals surface area (Å²) in [4.78, 5) is 27.7. The summed E-state index contributed by atoms with van der Waals surface area (Å²) in [5.74, 6) is 1.21. The van der Waals surface area contributed by atoms with Gasteiger partial charge in [-0.15, -0.1) is 0 Å². The molecule has 168 valence electrons. The quantitative estimate of drug-likeness (QED) is 0.449. The summed E-state index contributed by atoms with van der Waals surface area (Å²) in [6.07, 6.45) is 10.7. The minimum Gasteiger partial charge on any atom is -0.496 e. The van der Waals surface area contributed by atoms with E-state index in [4.69, 9.17) is 9.72 Å². The highest BCUT2D eigenvalue weighted by Gasteiger charge is 2.15. The summed E-state index contributed by atoms with van der Waals surface area (Å²) >= 11 is 0. The Labute approximate surface area is 190 Å². The summed E-state index contributed by atoms with van der Waals surface area (Å²) in [6, 6.07) is 9.99. The molecule has 3 rings (SSSR count). The van der Waals surface area contributed by atoms with Crippen molar-refractivity contribution in [3.63, 3.8) is 0 Å². The van der Waals surface area contributed by atoms with Crippen molar-refractivity contribution >= 4 is 5.78 Å². The highest BCUT2D eigenvalue weighted by Crippen LogP contribution is 2.28. The van der Waals surface area contributed by atoms with Crippen LogP contribution in [-0.2, 0) is 17.6 Å². The van der Waals surface area contributed by atoms with Gasteiger partial charge < -0.3 is 9.64 Å². The van der Waals surface area contributed by atoms with E-state index < -0.39 is 0 Å². The van der Waals surface area contributed by atoms with E-state index in [0.29, 0.717) is 24.6 Å². The number of nitrogens with zero attached hydrogens (tertiary/aromatic N) is 4. The average Bonchev–Trinajstić information content (AvgIpc) is 2.79. The summed E-state index contributed by atoms with van der Waals surface area (Å²) < 4.78 is 5.58. The lowest BCUT2D eigenvalue weighted by atomic mass is 9.91. The van der Waals surface area contributed by atoms with Crippen molar-refractivity contribution in [2.45, 2.75) is 38.5 Å². The first-order chi connectivity index (χ1) is 15.5. The number of ether oxygens (including phenoxy) is 1. The van der Waals surface area contributed by atoms with E-state index in [1.165, 1.54) is 5.56 Å². The van der Waals surface area contributed by atoms with Crippen LogP contribution in [0.5, 0.6) is 5.75 Å². The van der Waals surface area contributed by atoms with Gasteiger partial charge in [0, 0.05) is 36.1 Å². The van der Waals surface area contributed by atoms with Crippen LogP contribution in [0.3, 0.4) is 0 Å². The molecule has 0 spiro atoms. The first-order valence-electron chi connectivity index (χ1n) is 11.0. The van der Waals surface area contributed by atoms with E-state index in [1.807, 2.05) is 55.7 Å². The van der Waals surface area contributed by atoms with Crippen LogP contribution in [0, 0.1) is 0 Å². The molecule has 0 fully saturated rings. The first kappa shape index (κ1) is 23.5. The van der Waals surface area contributed by atoms with Gasteiger partial charge in [0.25, 0.3) is 0 Å². The molecule has 0 aliphatic carbocycles. The average molecular weight is 433 g/mol. The number of hydrogen-bond donors (Lipinski definition) is 0. The minimum absolute atomic E-state index is 0.153. The van der Waals surface area contributed by atoms with Gasteiger partial charge in [-0.25, -0.2) is 4.98 Å². The zero-order valence-electron chi connectivity index (χ0n) is 19.4. The number of hydrogen-bond acceptors (Lipinski definition) is 6. The van der Waals surface area contributed by atoms with E-state index in [-0.39, 0.29) is 5.78 Å². The van der Waals surface area contributed by atoms with Crippen LogP contribution in [0.1, 0.15) is 42.5 Å². The third-order valence-corrected chi connectivity index (χ3v) is 5.40. The first-order valence-corrected chi connectivity index (χ1v) is 11.0. The number of methoxy groups -OCH3 is 1. The predicted octanol–water partition coefficient (Wildman–Crippen LogP) is 4.35. The highest BCUT2D eigenvalue weighted by atomic mass is 16.5. The Morgan fingerprint density at radius 2 is 1.97 bits per heavy atom. The van der Waals surface area contributed by atoms with E-state index in [1.54, 1.807) is 19.5 Å². The topological polar surface area (TPSA) is 68.2 Å². The summed E-state index contributed by atoms with van der Waals surface area (Å²) in [5.41, 5.74) is 4.79. The number of Topliss-reactive ketones (excluding diaryl/α,β-unsaturated/α-hetero) is 1. The molecule has 0 unspecified atom stereocenters. The zero-order chi connectivity index (χ0) is 22.9. The van der Waals surface area contributed by atoms with E-state index >= 15 is 0 Å². The van der Waals surface area contributed by atoms with Crippen molar-refractivity contribution in [1.82, 2.24) is 19.9 Å². The van der Waals surface area contributed by atoms with Gasteiger partial charge in [-0.1, -0.05) is 31.5 Å². The molecule has 1 aromatic carbocycles. The van der Waals surface area contributed by atoms with E-state index in [9.17, 15) is 4.79 Å². The molecule has 2 heterocycles. The summed E-state index contributed by atoms with van der Waals surface area (Å²) in [6.45, 7) is 2.61. The number of benzene rings is 1. The van der Waals surface area contributed by atoms with Gasteiger partial charge in [-0.2, -0.15) is 0 Å². The molecular weight excluding hydrogens is 400 g/mol. The Kier molecular flexibility index (Phi) is 8.45. The monoisotopic (exact) mass is 432 g/mol. The lowest BCUT2D eigenvalue weighted by Gasteiger charge is -2.16. The van der Waals surface area contributed by atoms with Crippen molar-refractivity contribution in [2.75, 3.05) is 27.7 Å². The molecule has 1 atom stereocenters. The predicted molar refractivity (Wildman–Crippen MR) is 127 cm³/mol. The zero-order valence-corrected chi connectivity index (χ0v) is 19.4. The van der Waals surface area contributed by atoms with E-state index in [2.05, 4.69) is 23.0 Å². The lowest BCUT2D eigenvalue weighted by molar-refractivity contribution is -0.119. The normalized spacial score (nSPS) is 12.0. The number of likely N-dealkylation sites (N-methyl/N-ethyl adjacent to an activating group) is 1. The van der Waals surface area contributed by atoms with Gasteiger partial charge in [0.2, 0.25) is 0 Å². The Bertz CT molecular complexity index is 1020. The number of carbonyl (C=O) groups excluding carboxylic acids is 1. The Balaban J connectivity index is 1.81. The third kappa shape index (κ3) is 6.44. The standard InChI is InChI=1S/C26H32N4O2/c1-5-7-19(22-8-6-11-27-15-22)12-23-16-28-17-25(29-23)20-9-10-21(26(14-20)32-4)13-24(31)18-30(2)3/h6,8-11,14-17,19H,5,7,12-13,18H2,1-4H3/t19-/m1/s1. The van der Waals surface area contributed by atoms with Crippen LogP contribution in [-0.4, -0.2) is 53.4 Å². The Morgan fingerprint density at radius 1 is 1.12 bits per heavy atom. The molecule has 0 radical (unpaired) electrons. The van der Waals surface area contributed by atoms with Crippen LogP contribution in [0.4, 0.5) is 0 Å². The molecule has 0 N–H and O–H groups in total. The fourth-order valence-electron chi connectivity index (χ4n) is 3.92. The SMILES string of the molecule is CCC[C@H](Cc1cncc(-c2ccc(CC(=O)CN(C)C)c(OC)c2)n1)c1cccnc1. The van der Waals surface area contributed by atoms with E-state index in [0.717, 1.165) is 41.8 Å². The van der Waals surface area contributed by atoms with Crippen molar-refractivity contribution in [1.29, 1.82) is 0 Å². The number of ketones is 1. The van der Waals surface area contributed by atoms with Crippen LogP contribution in [0.25, 0.3) is 11.3 Å². The van der Waals surface area contributed by atoms with Gasteiger partial charge in [0.05, 0.1) is 31.2 Å². The van der Waals surface area contributed by atoms with Gasteiger partial charge in [-0.3, -0.25) is 14.8 Å². The molecule has 3 aromatic rings. The van der Waals surface area contributed by atoms with Crippen LogP contribution >= 0.6 is 0 Å². The molecule has 0 saturated heterocycles. The molecule has 0 saturated carbocycles. The Morgan fingerprint density at radius 3 is 2.66 bits per heavy atom. The van der Waals surface area contributed by atoms with Crippen LogP contribution in [0.15, 0.2) is 55.1 Å².